The third-order valence-corrected chi connectivity index (χ3v) is 1.92. The molecule has 1 aromatic carbocycles. The molecule has 0 heterocycles. The number of ether oxygens (including phenoxy) is 1. The van der Waals surface area contributed by atoms with Gasteiger partial charge in [-0.2, -0.15) is 0 Å². The lowest BCUT2D eigenvalue weighted by molar-refractivity contribution is -0.140. The average Bonchev–Trinajstić information content (AvgIpc) is 2.32. The van der Waals surface area contributed by atoms with E-state index in [1.54, 1.807) is 0 Å². The fourth-order valence-corrected chi connectivity index (χ4v) is 1.08. The average molecular weight is 239 g/mol. The van der Waals surface area contributed by atoms with Crippen molar-refractivity contribution in [3.8, 4) is 17.2 Å². The molecule has 0 saturated heterocycles. The zero-order valence-corrected chi connectivity index (χ0v) is 9.01. The van der Waals surface area contributed by atoms with E-state index in [1.807, 2.05) is 0 Å². The molecule has 92 valence electrons. The number of hydrogen-bond acceptors (Lipinski definition) is 6. The number of carbonyl (C=O) groups is 1. The molecule has 17 heavy (non-hydrogen) atoms. The van der Waals surface area contributed by atoms with E-state index in [2.05, 4.69) is 11.9 Å². The Morgan fingerprint density at radius 2 is 2.06 bits per heavy atom. The van der Waals surface area contributed by atoms with E-state index in [9.17, 15) is 15.0 Å². The van der Waals surface area contributed by atoms with Crippen molar-refractivity contribution in [1.82, 2.24) is 0 Å². The summed E-state index contributed by atoms with van der Waals surface area (Å²) in [4.78, 5) is 11.1. The second-order valence-electron chi connectivity index (χ2n) is 3.15. The first kappa shape index (κ1) is 12.7. The summed E-state index contributed by atoms with van der Waals surface area (Å²) in [5.74, 6) is -2.14. The van der Waals surface area contributed by atoms with Crippen molar-refractivity contribution in [2.45, 2.75) is 0 Å². The SMILES string of the molecule is C=CCOC(=O)CNc1ccc(O)c(O)c1O. The van der Waals surface area contributed by atoms with Gasteiger partial charge < -0.3 is 25.4 Å². The van der Waals surface area contributed by atoms with E-state index in [4.69, 9.17) is 9.84 Å². The molecule has 6 nitrogen and oxygen atoms in total. The third kappa shape index (κ3) is 3.30. The van der Waals surface area contributed by atoms with Crippen molar-refractivity contribution in [3.05, 3.63) is 24.8 Å². The summed E-state index contributed by atoms with van der Waals surface area (Å²) in [6, 6.07) is 2.51. The van der Waals surface area contributed by atoms with Gasteiger partial charge >= 0.3 is 5.97 Å². The Morgan fingerprint density at radius 3 is 2.71 bits per heavy atom. The van der Waals surface area contributed by atoms with Gasteiger partial charge in [0, 0.05) is 0 Å². The summed E-state index contributed by atoms with van der Waals surface area (Å²) in [7, 11) is 0. The smallest absolute Gasteiger partial charge is 0.325 e. The highest BCUT2D eigenvalue weighted by Crippen LogP contribution is 2.39. The molecule has 0 spiro atoms. The van der Waals surface area contributed by atoms with Gasteiger partial charge in [0.25, 0.3) is 0 Å². The van der Waals surface area contributed by atoms with Gasteiger partial charge in [-0.3, -0.25) is 4.79 Å². The lowest BCUT2D eigenvalue weighted by Gasteiger charge is -2.09. The van der Waals surface area contributed by atoms with E-state index in [-0.39, 0.29) is 18.8 Å². The molecule has 1 aromatic rings. The van der Waals surface area contributed by atoms with Crippen LogP contribution in [-0.2, 0) is 9.53 Å². The minimum Gasteiger partial charge on any atom is -0.504 e. The van der Waals surface area contributed by atoms with Gasteiger partial charge in [-0.05, 0) is 12.1 Å². The standard InChI is InChI=1S/C11H13NO5/c1-2-5-17-9(14)6-12-7-3-4-8(13)11(16)10(7)15/h2-4,12-13,15-16H,1,5-6H2. The Labute approximate surface area is 97.8 Å². The maximum absolute atomic E-state index is 11.1. The second-order valence-corrected chi connectivity index (χ2v) is 3.15. The highest BCUT2D eigenvalue weighted by Gasteiger charge is 2.11. The van der Waals surface area contributed by atoms with Crippen LogP contribution in [0, 0.1) is 0 Å². The first-order valence-electron chi connectivity index (χ1n) is 4.80. The van der Waals surface area contributed by atoms with Gasteiger partial charge in [0.1, 0.15) is 13.2 Å². The summed E-state index contributed by atoms with van der Waals surface area (Å²) in [5.41, 5.74) is 0.121. The van der Waals surface area contributed by atoms with Crippen LogP contribution >= 0.6 is 0 Å². The highest BCUT2D eigenvalue weighted by atomic mass is 16.5. The fourth-order valence-electron chi connectivity index (χ4n) is 1.08. The van der Waals surface area contributed by atoms with Crippen LogP contribution in [0.4, 0.5) is 5.69 Å². The van der Waals surface area contributed by atoms with Crippen LogP contribution in [0.3, 0.4) is 0 Å². The molecule has 0 radical (unpaired) electrons. The predicted molar refractivity (Wildman–Crippen MR) is 61.1 cm³/mol. The molecule has 0 unspecified atom stereocenters. The number of benzene rings is 1. The van der Waals surface area contributed by atoms with Crippen molar-refractivity contribution in [1.29, 1.82) is 0 Å². The lowest BCUT2D eigenvalue weighted by Crippen LogP contribution is -2.16. The quantitative estimate of drug-likeness (QED) is 0.264. The van der Waals surface area contributed by atoms with Gasteiger partial charge in [-0.15, -0.1) is 0 Å². The van der Waals surface area contributed by atoms with Gasteiger partial charge in [0.05, 0.1) is 5.69 Å². The first-order chi connectivity index (χ1) is 8.06. The van der Waals surface area contributed by atoms with E-state index in [1.165, 1.54) is 18.2 Å². The first-order valence-corrected chi connectivity index (χ1v) is 4.80. The van der Waals surface area contributed by atoms with Crippen LogP contribution in [-0.4, -0.2) is 34.4 Å². The van der Waals surface area contributed by atoms with Crippen molar-refractivity contribution in [2.24, 2.45) is 0 Å². The van der Waals surface area contributed by atoms with Crippen molar-refractivity contribution < 1.29 is 24.9 Å². The van der Waals surface area contributed by atoms with Crippen LogP contribution in [0.25, 0.3) is 0 Å². The number of phenolic OH excluding ortho intramolecular Hbond substituents is 3. The summed E-state index contributed by atoms with van der Waals surface area (Å²) < 4.78 is 4.69. The van der Waals surface area contributed by atoms with Crippen molar-refractivity contribution in [2.75, 3.05) is 18.5 Å². The molecular formula is C11H13NO5. The van der Waals surface area contributed by atoms with Crippen LogP contribution in [0.2, 0.25) is 0 Å². The normalized spacial score (nSPS) is 9.65. The number of anilines is 1. The number of phenols is 3. The van der Waals surface area contributed by atoms with Crippen molar-refractivity contribution in [3.63, 3.8) is 0 Å². The summed E-state index contributed by atoms with van der Waals surface area (Å²) in [6.45, 7) is 3.32. The number of aromatic hydroxyl groups is 3. The summed E-state index contributed by atoms with van der Waals surface area (Å²) in [5, 5.41) is 30.3. The Bertz CT molecular complexity index is 430. The van der Waals surface area contributed by atoms with Crippen LogP contribution in [0.15, 0.2) is 24.8 Å². The van der Waals surface area contributed by atoms with Crippen LogP contribution in [0.1, 0.15) is 0 Å². The molecule has 6 heteroatoms. The minimum absolute atomic E-state index is 0.104. The maximum atomic E-state index is 11.1. The molecule has 0 aliphatic rings. The van der Waals surface area contributed by atoms with E-state index < -0.39 is 23.2 Å². The van der Waals surface area contributed by atoms with Gasteiger partial charge in [-0.1, -0.05) is 12.7 Å². The summed E-state index contributed by atoms with van der Waals surface area (Å²) >= 11 is 0. The maximum Gasteiger partial charge on any atom is 0.325 e. The molecule has 0 fully saturated rings. The van der Waals surface area contributed by atoms with E-state index in [0.717, 1.165) is 0 Å². The Balaban J connectivity index is 2.61. The number of rotatable bonds is 5. The number of esters is 1. The molecule has 0 bridgehead atoms. The second kappa shape index (κ2) is 5.64. The minimum atomic E-state index is -0.644. The van der Waals surface area contributed by atoms with Crippen LogP contribution < -0.4 is 5.32 Å². The molecule has 1 rings (SSSR count). The summed E-state index contributed by atoms with van der Waals surface area (Å²) in [6.07, 6.45) is 1.43. The van der Waals surface area contributed by atoms with Gasteiger partial charge in [0.15, 0.2) is 11.5 Å². The molecule has 0 aromatic heterocycles. The largest absolute Gasteiger partial charge is 0.504 e. The number of carbonyl (C=O) groups excluding carboxylic acids is 1. The zero-order valence-electron chi connectivity index (χ0n) is 9.01. The number of nitrogens with one attached hydrogen (secondary N) is 1. The fraction of sp³-hybridized carbons (Fsp3) is 0.182. The molecule has 0 amide bonds. The van der Waals surface area contributed by atoms with Gasteiger partial charge in [-0.25, -0.2) is 0 Å². The topological polar surface area (TPSA) is 99.0 Å². The monoisotopic (exact) mass is 239 g/mol. The third-order valence-electron chi connectivity index (χ3n) is 1.92. The van der Waals surface area contributed by atoms with E-state index in [0.29, 0.717) is 0 Å². The molecule has 0 atom stereocenters. The molecule has 0 aliphatic heterocycles. The van der Waals surface area contributed by atoms with Gasteiger partial charge in [0.2, 0.25) is 5.75 Å². The molecule has 4 N–H and O–H groups in total. The number of hydrogen-bond donors (Lipinski definition) is 4. The molecule has 0 aliphatic carbocycles. The molecule has 0 saturated carbocycles. The Hall–Kier alpha value is -2.37. The zero-order chi connectivity index (χ0) is 12.8. The van der Waals surface area contributed by atoms with Crippen LogP contribution in [0.5, 0.6) is 17.2 Å². The highest BCUT2D eigenvalue weighted by molar-refractivity contribution is 5.77. The Morgan fingerprint density at radius 1 is 1.35 bits per heavy atom. The van der Waals surface area contributed by atoms with Crippen molar-refractivity contribution >= 4 is 11.7 Å². The predicted octanol–water partition coefficient (Wildman–Crippen LogP) is 0.944. The Kier molecular flexibility index (Phi) is 4.21. The van der Waals surface area contributed by atoms with E-state index >= 15 is 0 Å². The molecular weight excluding hydrogens is 226 g/mol. The lowest BCUT2D eigenvalue weighted by atomic mass is 10.2.